The van der Waals surface area contributed by atoms with Crippen molar-refractivity contribution >= 4 is 34.7 Å². The number of anilines is 1. The van der Waals surface area contributed by atoms with E-state index in [1.807, 2.05) is 6.92 Å². The molecule has 2 aromatic carbocycles. The SMILES string of the molecule is Cc1ccc(N2C(=O)C(=O)/C(=C(/O)c3ccc(OCC(C)C)cc3)C2c2ccccn2)cc1Cl. The number of aryl methyl sites for hydroxylation is 1. The lowest BCUT2D eigenvalue weighted by Gasteiger charge is -2.25. The highest BCUT2D eigenvalue weighted by Gasteiger charge is 2.47. The van der Waals surface area contributed by atoms with Gasteiger partial charge in [0, 0.05) is 22.5 Å². The highest BCUT2D eigenvalue weighted by molar-refractivity contribution is 6.51. The Labute approximate surface area is 203 Å². The molecule has 3 aromatic rings. The zero-order chi connectivity index (χ0) is 24.4. The Kier molecular flexibility index (Phi) is 6.70. The topological polar surface area (TPSA) is 79.7 Å². The van der Waals surface area contributed by atoms with Crippen LogP contribution in [-0.2, 0) is 9.59 Å². The Balaban J connectivity index is 1.81. The molecule has 1 aromatic heterocycles. The fourth-order valence-electron chi connectivity index (χ4n) is 3.78. The maximum Gasteiger partial charge on any atom is 0.300 e. The van der Waals surface area contributed by atoms with Gasteiger partial charge in [0.1, 0.15) is 17.6 Å². The number of ketones is 1. The van der Waals surface area contributed by atoms with Gasteiger partial charge in [0.2, 0.25) is 0 Å². The summed E-state index contributed by atoms with van der Waals surface area (Å²) in [5.74, 6) is -0.789. The molecule has 4 rings (SSSR count). The number of aliphatic hydroxyl groups is 1. The normalized spacial score (nSPS) is 17.4. The molecule has 0 radical (unpaired) electrons. The average Bonchev–Trinajstić information content (AvgIpc) is 3.10. The number of hydrogen-bond donors (Lipinski definition) is 1. The van der Waals surface area contributed by atoms with Crippen LogP contribution in [0.3, 0.4) is 0 Å². The third-order valence-electron chi connectivity index (χ3n) is 5.56. The molecule has 0 saturated carbocycles. The maximum atomic E-state index is 13.2. The first-order valence-corrected chi connectivity index (χ1v) is 11.4. The van der Waals surface area contributed by atoms with E-state index in [-0.39, 0.29) is 11.3 Å². The number of pyridine rings is 1. The molecule has 2 heterocycles. The van der Waals surface area contributed by atoms with Gasteiger partial charge in [-0.1, -0.05) is 37.6 Å². The first-order valence-electron chi connectivity index (χ1n) is 11.0. The number of hydrogen-bond acceptors (Lipinski definition) is 5. The van der Waals surface area contributed by atoms with Crippen LogP contribution in [0.4, 0.5) is 5.69 Å². The second kappa shape index (κ2) is 9.69. The van der Waals surface area contributed by atoms with Gasteiger partial charge in [0.15, 0.2) is 0 Å². The molecule has 7 heteroatoms. The monoisotopic (exact) mass is 476 g/mol. The van der Waals surface area contributed by atoms with Crippen LogP contribution in [0.2, 0.25) is 5.02 Å². The molecular weight excluding hydrogens is 452 g/mol. The number of amides is 1. The van der Waals surface area contributed by atoms with Crippen molar-refractivity contribution in [3.63, 3.8) is 0 Å². The van der Waals surface area contributed by atoms with Crippen molar-refractivity contribution < 1.29 is 19.4 Å². The van der Waals surface area contributed by atoms with E-state index in [1.165, 1.54) is 4.90 Å². The Morgan fingerprint density at radius 3 is 2.47 bits per heavy atom. The van der Waals surface area contributed by atoms with Crippen LogP contribution in [0.15, 0.2) is 72.4 Å². The molecule has 1 amide bonds. The number of nitrogens with zero attached hydrogens (tertiary/aromatic N) is 2. The van der Waals surface area contributed by atoms with E-state index in [2.05, 4.69) is 18.8 Å². The molecule has 1 fully saturated rings. The van der Waals surface area contributed by atoms with Crippen LogP contribution in [0, 0.1) is 12.8 Å². The van der Waals surface area contributed by atoms with Crippen LogP contribution in [-0.4, -0.2) is 28.4 Å². The molecule has 6 nitrogen and oxygen atoms in total. The van der Waals surface area contributed by atoms with Gasteiger partial charge in [0.25, 0.3) is 11.7 Å². The zero-order valence-corrected chi connectivity index (χ0v) is 19.9. The highest BCUT2D eigenvalue weighted by Crippen LogP contribution is 2.42. The first kappa shape index (κ1) is 23.5. The van der Waals surface area contributed by atoms with Gasteiger partial charge >= 0.3 is 0 Å². The fourth-order valence-corrected chi connectivity index (χ4v) is 3.95. The molecule has 1 saturated heterocycles. The first-order chi connectivity index (χ1) is 16.3. The van der Waals surface area contributed by atoms with Gasteiger partial charge in [-0.25, -0.2) is 0 Å². The van der Waals surface area contributed by atoms with Gasteiger partial charge in [-0.2, -0.15) is 0 Å². The van der Waals surface area contributed by atoms with Crippen molar-refractivity contribution in [3.8, 4) is 5.75 Å². The minimum Gasteiger partial charge on any atom is -0.507 e. The summed E-state index contributed by atoms with van der Waals surface area (Å²) in [5, 5.41) is 11.7. The van der Waals surface area contributed by atoms with Crippen molar-refractivity contribution in [1.82, 2.24) is 4.98 Å². The van der Waals surface area contributed by atoms with Gasteiger partial charge in [0.05, 0.1) is 17.9 Å². The molecule has 1 aliphatic heterocycles. The smallest absolute Gasteiger partial charge is 0.300 e. The van der Waals surface area contributed by atoms with Crippen molar-refractivity contribution in [2.45, 2.75) is 26.8 Å². The molecule has 1 N–H and O–H groups in total. The standard InChI is InChI=1S/C27H25ClN2O4/c1-16(2)15-34-20-11-8-18(9-12-20)25(31)23-24(22-6-4-5-13-29-22)30(27(33)26(23)32)19-10-7-17(3)21(28)14-19/h4-14,16,24,31H,15H2,1-3H3/b25-23+. The summed E-state index contributed by atoms with van der Waals surface area (Å²) in [6, 6.07) is 16.2. The Hall–Kier alpha value is -3.64. The van der Waals surface area contributed by atoms with E-state index in [4.69, 9.17) is 16.3 Å². The molecule has 1 aliphatic rings. The minimum absolute atomic E-state index is 0.0313. The van der Waals surface area contributed by atoms with E-state index in [0.717, 1.165) is 5.56 Å². The van der Waals surface area contributed by atoms with Gasteiger partial charge < -0.3 is 9.84 Å². The van der Waals surface area contributed by atoms with Crippen LogP contribution >= 0.6 is 11.6 Å². The quantitative estimate of drug-likeness (QED) is 0.280. The molecule has 0 bridgehead atoms. The number of carbonyl (C=O) groups is 2. The summed E-state index contributed by atoms with van der Waals surface area (Å²) in [5.41, 5.74) is 2.12. The van der Waals surface area contributed by atoms with E-state index >= 15 is 0 Å². The largest absolute Gasteiger partial charge is 0.507 e. The summed E-state index contributed by atoms with van der Waals surface area (Å²) in [4.78, 5) is 32.1. The Morgan fingerprint density at radius 2 is 1.85 bits per heavy atom. The predicted molar refractivity (Wildman–Crippen MR) is 132 cm³/mol. The van der Waals surface area contributed by atoms with Gasteiger partial charge in [-0.3, -0.25) is 19.5 Å². The molecule has 1 atom stereocenters. The van der Waals surface area contributed by atoms with Crippen molar-refractivity contribution in [2.24, 2.45) is 5.92 Å². The molecule has 0 spiro atoms. The number of aromatic nitrogens is 1. The number of Topliss-reactive ketones (excluding diaryl/α,β-unsaturated/α-hetero) is 1. The Bertz CT molecular complexity index is 1250. The lowest BCUT2D eigenvalue weighted by atomic mass is 9.98. The lowest BCUT2D eigenvalue weighted by Crippen LogP contribution is -2.29. The number of ether oxygens (including phenoxy) is 1. The number of rotatable bonds is 6. The van der Waals surface area contributed by atoms with Crippen LogP contribution in [0.25, 0.3) is 5.76 Å². The fraction of sp³-hybridized carbons (Fsp3) is 0.222. The van der Waals surface area contributed by atoms with E-state index in [0.29, 0.717) is 40.2 Å². The molecule has 1 unspecified atom stereocenters. The number of benzene rings is 2. The summed E-state index contributed by atoms with van der Waals surface area (Å²) < 4.78 is 5.70. The van der Waals surface area contributed by atoms with Gasteiger partial charge in [-0.05, 0) is 66.9 Å². The van der Waals surface area contributed by atoms with Gasteiger partial charge in [-0.15, -0.1) is 0 Å². The average molecular weight is 477 g/mol. The minimum atomic E-state index is -0.906. The van der Waals surface area contributed by atoms with E-state index in [1.54, 1.807) is 66.9 Å². The maximum absolute atomic E-state index is 13.2. The summed E-state index contributed by atoms with van der Waals surface area (Å²) in [6.07, 6.45) is 1.58. The molecular formula is C27H25ClN2O4. The van der Waals surface area contributed by atoms with Crippen LogP contribution in [0.5, 0.6) is 5.75 Å². The highest BCUT2D eigenvalue weighted by atomic mass is 35.5. The molecule has 0 aliphatic carbocycles. The molecule has 174 valence electrons. The third kappa shape index (κ3) is 4.54. The molecule has 34 heavy (non-hydrogen) atoms. The second-order valence-corrected chi connectivity index (χ2v) is 8.99. The van der Waals surface area contributed by atoms with Crippen molar-refractivity contribution in [1.29, 1.82) is 0 Å². The van der Waals surface area contributed by atoms with Crippen LogP contribution in [0.1, 0.15) is 36.7 Å². The number of halogens is 1. The summed E-state index contributed by atoms with van der Waals surface area (Å²) in [7, 11) is 0. The van der Waals surface area contributed by atoms with Crippen LogP contribution < -0.4 is 9.64 Å². The van der Waals surface area contributed by atoms with E-state index in [9.17, 15) is 14.7 Å². The van der Waals surface area contributed by atoms with Crippen molar-refractivity contribution in [3.05, 3.63) is 94.3 Å². The summed E-state index contributed by atoms with van der Waals surface area (Å²) >= 11 is 6.31. The summed E-state index contributed by atoms with van der Waals surface area (Å²) in [6.45, 7) is 6.52. The number of carbonyl (C=O) groups excluding carboxylic acids is 2. The zero-order valence-electron chi connectivity index (χ0n) is 19.2. The number of aliphatic hydroxyl groups excluding tert-OH is 1. The van der Waals surface area contributed by atoms with E-state index < -0.39 is 17.7 Å². The van der Waals surface area contributed by atoms with Crippen molar-refractivity contribution in [2.75, 3.05) is 11.5 Å². The second-order valence-electron chi connectivity index (χ2n) is 8.59. The predicted octanol–water partition coefficient (Wildman–Crippen LogP) is 5.70. The lowest BCUT2D eigenvalue weighted by molar-refractivity contribution is -0.132. The third-order valence-corrected chi connectivity index (χ3v) is 5.96. The Morgan fingerprint density at radius 1 is 1.12 bits per heavy atom.